The van der Waals surface area contributed by atoms with Crippen LogP contribution in [-0.2, 0) is 16.1 Å². The lowest BCUT2D eigenvalue weighted by Gasteiger charge is -2.04. The summed E-state index contributed by atoms with van der Waals surface area (Å²) >= 11 is 1.33. The number of aromatic nitrogens is 1. The fraction of sp³-hybridized carbons (Fsp3) is 0.167. The molecule has 3 rings (SSSR count). The molecule has 2 heterocycles. The Hall–Kier alpha value is -2.93. The highest BCUT2D eigenvalue weighted by Gasteiger charge is 2.22. The van der Waals surface area contributed by atoms with Gasteiger partial charge in [-0.25, -0.2) is 0 Å². The van der Waals surface area contributed by atoms with E-state index in [0.717, 1.165) is 10.9 Å². The number of rotatable bonds is 6. The maximum Gasteiger partial charge on any atom is 0.325 e. The van der Waals surface area contributed by atoms with E-state index in [4.69, 9.17) is 10.6 Å². The van der Waals surface area contributed by atoms with Crippen LogP contribution in [0.15, 0.2) is 53.1 Å². The van der Waals surface area contributed by atoms with Crippen LogP contribution in [0.1, 0.15) is 22.2 Å². The molecule has 0 saturated carbocycles. The van der Waals surface area contributed by atoms with Crippen molar-refractivity contribution in [3.63, 3.8) is 0 Å². The smallest absolute Gasteiger partial charge is 0.325 e. The van der Waals surface area contributed by atoms with E-state index in [1.165, 1.54) is 11.3 Å². The molecule has 128 valence electrons. The van der Waals surface area contributed by atoms with Gasteiger partial charge in [-0.3, -0.25) is 9.59 Å². The number of thiophene rings is 1. The molecular weight excluding hydrogens is 338 g/mol. The molecule has 7 heteroatoms. The zero-order valence-corrected chi connectivity index (χ0v) is 14.5. The van der Waals surface area contributed by atoms with Gasteiger partial charge in [-0.05, 0) is 24.4 Å². The summed E-state index contributed by atoms with van der Waals surface area (Å²) in [5.41, 5.74) is 1.58. The molecule has 0 atom stereocenters. The van der Waals surface area contributed by atoms with Crippen LogP contribution in [0, 0.1) is 0 Å². The second-order valence-electron chi connectivity index (χ2n) is 5.28. The number of carbonyl (C=O) groups is 2. The number of esters is 1. The van der Waals surface area contributed by atoms with Crippen molar-refractivity contribution < 1.29 is 14.3 Å². The largest absolute Gasteiger partial charge is 0.465 e. The molecule has 0 aliphatic heterocycles. The van der Waals surface area contributed by atoms with E-state index < -0.39 is 0 Å². The Morgan fingerprint density at radius 1 is 1.24 bits per heavy atom. The zero-order chi connectivity index (χ0) is 17.8. The standard InChI is InChI=1S/C18H17N3O3S/c1-2-24-16(22)11-21-10-13(12-6-3-4-7-14(12)21)17(20-19)18(23)15-8-5-9-25-15/h3-10H,2,11,19H2,1H3/b20-17+. The van der Waals surface area contributed by atoms with Crippen molar-refractivity contribution in [1.82, 2.24) is 4.57 Å². The van der Waals surface area contributed by atoms with Crippen molar-refractivity contribution in [1.29, 1.82) is 0 Å². The summed E-state index contributed by atoms with van der Waals surface area (Å²) in [5, 5.41) is 6.37. The lowest BCUT2D eigenvalue weighted by atomic mass is 10.0. The number of para-hydroxylation sites is 1. The number of nitrogens with two attached hydrogens (primary N) is 1. The second-order valence-corrected chi connectivity index (χ2v) is 6.22. The molecule has 6 nitrogen and oxygen atoms in total. The summed E-state index contributed by atoms with van der Waals surface area (Å²) in [6.45, 7) is 2.13. The third-order valence-electron chi connectivity index (χ3n) is 3.74. The van der Waals surface area contributed by atoms with Crippen LogP contribution >= 0.6 is 11.3 Å². The number of carbonyl (C=O) groups excluding carboxylic acids is 2. The first kappa shape index (κ1) is 16.9. The first-order chi connectivity index (χ1) is 12.2. The molecule has 0 bridgehead atoms. The van der Waals surface area contributed by atoms with Gasteiger partial charge in [0.2, 0.25) is 5.78 Å². The van der Waals surface area contributed by atoms with Crippen molar-refractivity contribution in [2.45, 2.75) is 13.5 Å². The number of ketones is 1. The van der Waals surface area contributed by atoms with Crippen LogP contribution in [0.5, 0.6) is 0 Å². The molecule has 2 aromatic heterocycles. The first-order valence-corrected chi connectivity index (χ1v) is 8.63. The highest BCUT2D eigenvalue weighted by atomic mass is 32.1. The molecule has 0 radical (unpaired) electrons. The van der Waals surface area contributed by atoms with Crippen molar-refractivity contribution in [3.05, 3.63) is 58.4 Å². The third kappa shape index (κ3) is 3.32. The number of nitrogens with zero attached hydrogens (tertiary/aromatic N) is 2. The highest BCUT2D eigenvalue weighted by Crippen LogP contribution is 2.24. The van der Waals surface area contributed by atoms with Crippen LogP contribution in [0.25, 0.3) is 10.9 Å². The van der Waals surface area contributed by atoms with Crippen LogP contribution in [0.4, 0.5) is 0 Å². The Morgan fingerprint density at radius 3 is 2.72 bits per heavy atom. The van der Waals surface area contributed by atoms with Gasteiger partial charge in [0.25, 0.3) is 0 Å². The monoisotopic (exact) mass is 355 g/mol. The highest BCUT2D eigenvalue weighted by molar-refractivity contribution is 7.13. The van der Waals surface area contributed by atoms with Gasteiger partial charge in [-0.2, -0.15) is 5.10 Å². The van der Waals surface area contributed by atoms with Gasteiger partial charge in [-0.15, -0.1) is 11.3 Å². The average Bonchev–Trinajstić information content (AvgIpc) is 3.25. The molecular formula is C18H17N3O3S. The van der Waals surface area contributed by atoms with E-state index in [9.17, 15) is 9.59 Å². The Kier molecular flexibility index (Phi) is 4.95. The second kappa shape index (κ2) is 7.31. The molecule has 0 spiro atoms. The van der Waals surface area contributed by atoms with Crippen LogP contribution in [-0.4, -0.2) is 28.6 Å². The summed E-state index contributed by atoms with van der Waals surface area (Å²) in [5.74, 6) is 4.95. The Balaban J connectivity index is 2.06. The van der Waals surface area contributed by atoms with Crippen LogP contribution in [0.2, 0.25) is 0 Å². The number of benzene rings is 1. The average molecular weight is 355 g/mol. The summed E-state index contributed by atoms with van der Waals surface area (Å²) in [6, 6.07) is 11.0. The van der Waals surface area contributed by atoms with E-state index in [1.54, 1.807) is 29.8 Å². The Morgan fingerprint density at radius 2 is 2.04 bits per heavy atom. The summed E-state index contributed by atoms with van der Waals surface area (Å²) in [6.07, 6.45) is 1.72. The SMILES string of the molecule is CCOC(=O)Cn1cc(/C(=N\N)C(=O)c2cccs2)c2ccccc21. The quantitative estimate of drug-likeness (QED) is 0.242. The number of fused-ring (bicyclic) bond motifs is 1. The number of hydrazone groups is 1. The fourth-order valence-corrected chi connectivity index (χ4v) is 3.35. The van der Waals surface area contributed by atoms with Crippen molar-refractivity contribution >= 4 is 39.7 Å². The predicted molar refractivity (Wildman–Crippen MR) is 97.9 cm³/mol. The number of hydrogen-bond acceptors (Lipinski definition) is 6. The normalized spacial score (nSPS) is 11.6. The van der Waals surface area contributed by atoms with E-state index in [-0.39, 0.29) is 24.0 Å². The van der Waals surface area contributed by atoms with Gasteiger partial charge in [-0.1, -0.05) is 24.3 Å². The summed E-state index contributed by atoms with van der Waals surface area (Å²) in [7, 11) is 0. The van der Waals surface area contributed by atoms with Crippen molar-refractivity contribution in [3.8, 4) is 0 Å². The van der Waals surface area contributed by atoms with Gasteiger partial charge >= 0.3 is 5.97 Å². The molecule has 0 fully saturated rings. The fourth-order valence-electron chi connectivity index (χ4n) is 2.69. The molecule has 0 saturated heterocycles. The molecule has 25 heavy (non-hydrogen) atoms. The minimum absolute atomic E-state index is 0.0550. The minimum atomic E-state index is -0.342. The minimum Gasteiger partial charge on any atom is -0.465 e. The first-order valence-electron chi connectivity index (χ1n) is 7.75. The number of ether oxygens (including phenoxy) is 1. The van der Waals surface area contributed by atoms with Crippen molar-refractivity contribution in [2.24, 2.45) is 10.9 Å². The molecule has 3 aromatic rings. The van der Waals surface area contributed by atoms with Gasteiger partial charge in [0, 0.05) is 22.7 Å². The van der Waals surface area contributed by atoms with E-state index in [0.29, 0.717) is 17.0 Å². The van der Waals surface area contributed by atoms with Gasteiger partial charge in [0.15, 0.2) is 0 Å². The summed E-state index contributed by atoms with van der Waals surface area (Å²) in [4.78, 5) is 25.1. The molecule has 2 N–H and O–H groups in total. The number of Topliss-reactive ketones (excluding diaryl/α,β-unsaturated/α-hetero) is 1. The topological polar surface area (TPSA) is 86.7 Å². The Labute approximate surface area is 148 Å². The number of hydrogen-bond donors (Lipinski definition) is 1. The lowest BCUT2D eigenvalue weighted by Crippen LogP contribution is -2.17. The third-order valence-corrected chi connectivity index (χ3v) is 4.61. The molecule has 0 aliphatic rings. The van der Waals surface area contributed by atoms with Crippen LogP contribution in [0.3, 0.4) is 0 Å². The molecule has 0 aliphatic carbocycles. The summed E-state index contributed by atoms with van der Waals surface area (Å²) < 4.78 is 6.76. The molecule has 0 amide bonds. The van der Waals surface area contributed by atoms with Gasteiger partial charge < -0.3 is 15.1 Å². The maximum absolute atomic E-state index is 12.7. The molecule has 0 unspecified atom stereocenters. The van der Waals surface area contributed by atoms with E-state index in [1.807, 2.05) is 29.6 Å². The predicted octanol–water partition coefficient (Wildman–Crippen LogP) is 2.81. The maximum atomic E-state index is 12.7. The zero-order valence-electron chi connectivity index (χ0n) is 13.6. The van der Waals surface area contributed by atoms with E-state index >= 15 is 0 Å². The van der Waals surface area contributed by atoms with Gasteiger partial charge in [0.1, 0.15) is 12.3 Å². The molecule has 1 aromatic carbocycles. The van der Waals surface area contributed by atoms with Crippen LogP contribution < -0.4 is 5.84 Å². The van der Waals surface area contributed by atoms with Crippen molar-refractivity contribution in [2.75, 3.05) is 6.61 Å². The lowest BCUT2D eigenvalue weighted by molar-refractivity contribution is -0.143. The Bertz CT molecular complexity index is 942. The van der Waals surface area contributed by atoms with Gasteiger partial charge in [0.05, 0.1) is 11.5 Å². The van der Waals surface area contributed by atoms with E-state index in [2.05, 4.69) is 5.10 Å².